The number of esters is 1. The Morgan fingerprint density at radius 1 is 1.30 bits per heavy atom. The van der Waals surface area contributed by atoms with Gasteiger partial charge in [-0.1, -0.05) is 13.8 Å². The van der Waals surface area contributed by atoms with Crippen molar-refractivity contribution in [3.63, 3.8) is 0 Å². The number of carbonyl (C=O) groups is 2. The summed E-state index contributed by atoms with van der Waals surface area (Å²) in [6.07, 6.45) is -0.899. The Kier molecular flexibility index (Phi) is 8.23. The van der Waals surface area contributed by atoms with Crippen LogP contribution in [0.15, 0.2) is 0 Å². The molecule has 0 fully saturated rings. The predicted octanol–water partition coefficient (Wildman–Crippen LogP) is 3.83. The van der Waals surface area contributed by atoms with Crippen molar-refractivity contribution in [1.29, 1.82) is 0 Å². The van der Waals surface area contributed by atoms with E-state index >= 15 is 0 Å². The number of rotatable bonds is 7. The van der Waals surface area contributed by atoms with Crippen LogP contribution in [0.25, 0.3) is 0 Å². The number of thiazole rings is 1. The lowest BCUT2D eigenvalue weighted by atomic mass is 9.97. The second-order valence-electron chi connectivity index (χ2n) is 7.99. The first kappa shape index (κ1) is 23.4. The van der Waals surface area contributed by atoms with Gasteiger partial charge in [-0.25, -0.2) is 9.78 Å². The summed E-state index contributed by atoms with van der Waals surface area (Å²) >= 11 is 1.37. The SMILES string of the molecule is CC(=O)OCc1nc(C(O)CC(C(C)C)N(C)C(=O)OC(C)(C)C)sc1C. The minimum absolute atomic E-state index is 0.0931. The average Bonchev–Trinajstić information content (AvgIpc) is 2.88. The number of hydrogen-bond acceptors (Lipinski definition) is 7. The number of aromatic nitrogens is 1. The zero-order valence-electron chi connectivity index (χ0n) is 17.5. The summed E-state index contributed by atoms with van der Waals surface area (Å²) < 4.78 is 10.4. The highest BCUT2D eigenvalue weighted by atomic mass is 32.1. The third-order valence-corrected chi connectivity index (χ3v) is 5.13. The van der Waals surface area contributed by atoms with Gasteiger partial charge in [-0.05, 0) is 33.6 Å². The van der Waals surface area contributed by atoms with Crippen LogP contribution < -0.4 is 0 Å². The minimum atomic E-state index is -0.822. The molecule has 8 heteroatoms. The molecule has 1 aromatic rings. The second-order valence-corrected chi connectivity index (χ2v) is 9.22. The maximum atomic E-state index is 12.4. The number of hydrogen-bond donors (Lipinski definition) is 1. The van der Waals surface area contributed by atoms with Gasteiger partial charge in [0.15, 0.2) is 0 Å². The molecule has 0 aliphatic heterocycles. The molecule has 0 bridgehead atoms. The number of amides is 1. The van der Waals surface area contributed by atoms with Crippen LogP contribution in [0.1, 0.15) is 69.6 Å². The maximum absolute atomic E-state index is 12.4. The molecular formula is C19H32N2O5S. The molecule has 1 N–H and O–H groups in total. The highest BCUT2D eigenvalue weighted by Crippen LogP contribution is 2.30. The first-order valence-corrected chi connectivity index (χ1v) is 9.87. The quantitative estimate of drug-likeness (QED) is 0.700. The van der Waals surface area contributed by atoms with E-state index in [-0.39, 0.29) is 24.5 Å². The zero-order chi connectivity index (χ0) is 20.9. The molecule has 1 amide bonds. The first-order chi connectivity index (χ1) is 12.3. The fourth-order valence-electron chi connectivity index (χ4n) is 2.57. The van der Waals surface area contributed by atoms with Gasteiger partial charge in [-0.2, -0.15) is 0 Å². The van der Waals surface area contributed by atoms with Crippen molar-refractivity contribution in [2.24, 2.45) is 5.92 Å². The molecule has 0 aromatic carbocycles. The minimum Gasteiger partial charge on any atom is -0.459 e. The molecule has 0 saturated carbocycles. The fraction of sp³-hybridized carbons (Fsp3) is 0.737. The molecule has 0 saturated heterocycles. The molecule has 7 nitrogen and oxygen atoms in total. The van der Waals surface area contributed by atoms with Crippen LogP contribution in [0.2, 0.25) is 0 Å². The van der Waals surface area contributed by atoms with Gasteiger partial charge in [-0.3, -0.25) is 4.79 Å². The van der Waals surface area contributed by atoms with Gasteiger partial charge in [0, 0.05) is 31.3 Å². The number of aliphatic hydroxyl groups is 1. The van der Waals surface area contributed by atoms with E-state index in [9.17, 15) is 14.7 Å². The van der Waals surface area contributed by atoms with Gasteiger partial charge >= 0.3 is 12.1 Å². The maximum Gasteiger partial charge on any atom is 0.410 e. The molecule has 2 unspecified atom stereocenters. The lowest BCUT2D eigenvalue weighted by molar-refractivity contribution is -0.142. The Morgan fingerprint density at radius 3 is 2.37 bits per heavy atom. The van der Waals surface area contributed by atoms with E-state index in [1.54, 1.807) is 11.9 Å². The van der Waals surface area contributed by atoms with Crippen LogP contribution in [0, 0.1) is 12.8 Å². The third kappa shape index (κ3) is 7.46. The highest BCUT2D eigenvalue weighted by Gasteiger charge is 2.30. The van der Waals surface area contributed by atoms with Gasteiger partial charge < -0.3 is 19.5 Å². The van der Waals surface area contributed by atoms with E-state index < -0.39 is 17.8 Å². The van der Waals surface area contributed by atoms with Crippen molar-refractivity contribution in [3.8, 4) is 0 Å². The average molecular weight is 401 g/mol. The molecule has 1 aromatic heterocycles. The summed E-state index contributed by atoms with van der Waals surface area (Å²) in [5.74, 6) is -0.248. The van der Waals surface area contributed by atoms with Gasteiger partial charge in [0.1, 0.15) is 23.3 Å². The molecule has 0 aliphatic rings. The Labute approximate surface area is 165 Å². The van der Waals surface area contributed by atoms with Gasteiger partial charge in [0.2, 0.25) is 0 Å². The van der Waals surface area contributed by atoms with Crippen LogP contribution >= 0.6 is 11.3 Å². The van der Waals surface area contributed by atoms with Crippen LogP contribution in [-0.4, -0.2) is 45.7 Å². The van der Waals surface area contributed by atoms with Crippen molar-refractivity contribution >= 4 is 23.4 Å². The molecular weight excluding hydrogens is 368 g/mol. The van der Waals surface area contributed by atoms with Crippen molar-refractivity contribution < 1.29 is 24.2 Å². The van der Waals surface area contributed by atoms with Crippen LogP contribution in [0.4, 0.5) is 4.79 Å². The number of nitrogens with zero attached hydrogens (tertiary/aromatic N) is 2. The predicted molar refractivity (Wildman–Crippen MR) is 105 cm³/mol. The lowest BCUT2D eigenvalue weighted by Crippen LogP contribution is -2.44. The van der Waals surface area contributed by atoms with Crippen LogP contribution in [0.3, 0.4) is 0 Å². The lowest BCUT2D eigenvalue weighted by Gasteiger charge is -2.34. The zero-order valence-corrected chi connectivity index (χ0v) is 18.3. The largest absolute Gasteiger partial charge is 0.459 e. The molecule has 1 rings (SSSR count). The molecule has 27 heavy (non-hydrogen) atoms. The number of ether oxygens (including phenoxy) is 2. The number of aryl methyl sites for hydroxylation is 1. The molecule has 0 aliphatic carbocycles. The molecule has 2 atom stereocenters. The first-order valence-electron chi connectivity index (χ1n) is 9.05. The molecule has 154 valence electrons. The summed E-state index contributed by atoms with van der Waals surface area (Å²) in [4.78, 5) is 30.2. The summed E-state index contributed by atoms with van der Waals surface area (Å²) in [6, 6.07) is -0.212. The Bertz CT molecular complexity index is 651. The van der Waals surface area contributed by atoms with E-state index in [4.69, 9.17) is 9.47 Å². The molecule has 0 radical (unpaired) electrons. The Balaban J connectivity index is 2.86. The van der Waals surface area contributed by atoms with Crippen molar-refractivity contribution in [2.45, 2.75) is 79.2 Å². The Morgan fingerprint density at radius 2 is 1.89 bits per heavy atom. The number of aliphatic hydroxyl groups excluding tert-OH is 1. The van der Waals surface area contributed by atoms with Crippen molar-refractivity contribution in [3.05, 3.63) is 15.6 Å². The summed E-state index contributed by atoms with van der Waals surface area (Å²) in [6.45, 7) is 12.8. The monoisotopic (exact) mass is 400 g/mol. The Hall–Kier alpha value is -1.67. The van der Waals surface area contributed by atoms with Crippen LogP contribution in [-0.2, 0) is 20.9 Å². The van der Waals surface area contributed by atoms with E-state index in [0.717, 1.165) is 4.88 Å². The summed E-state index contributed by atoms with van der Waals surface area (Å²) in [5, 5.41) is 11.2. The molecule has 1 heterocycles. The van der Waals surface area contributed by atoms with E-state index in [1.807, 2.05) is 41.5 Å². The van der Waals surface area contributed by atoms with Crippen molar-refractivity contribution in [2.75, 3.05) is 7.05 Å². The number of carbonyl (C=O) groups excluding carboxylic acids is 2. The normalized spacial score (nSPS) is 14.0. The molecule has 0 spiro atoms. The van der Waals surface area contributed by atoms with Crippen molar-refractivity contribution in [1.82, 2.24) is 9.88 Å². The standard InChI is InChI=1S/C19H32N2O5S/c1-11(2)15(21(8)18(24)26-19(5,6)7)9-16(23)17-20-14(12(3)27-17)10-25-13(4)22/h11,15-16,23H,9-10H2,1-8H3. The van der Waals surface area contributed by atoms with Gasteiger partial charge in [-0.15, -0.1) is 11.3 Å². The van der Waals surface area contributed by atoms with E-state index in [1.165, 1.54) is 18.3 Å². The van der Waals surface area contributed by atoms with E-state index in [2.05, 4.69) is 4.98 Å². The van der Waals surface area contributed by atoms with Gasteiger partial charge in [0.05, 0.1) is 5.69 Å². The fourth-order valence-corrected chi connectivity index (χ4v) is 3.50. The van der Waals surface area contributed by atoms with Crippen LogP contribution in [0.5, 0.6) is 0 Å². The highest BCUT2D eigenvalue weighted by molar-refractivity contribution is 7.11. The second kappa shape index (κ2) is 9.50. The third-order valence-electron chi connectivity index (χ3n) is 4.02. The summed E-state index contributed by atoms with van der Waals surface area (Å²) in [7, 11) is 1.69. The topological polar surface area (TPSA) is 89.0 Å². The smallest absolute Gasteiger partial charge is 0.410 e. The van der Waals surface area contributed by atoms with E-state index in [0.29, 0.717) is 17.1 Å². The summed E-state index contributed by atoms with van der Waals surface area (Å²) in [5.41, 5.74) is 0.0645. The van der Waals surface area contributed by atoms with Gasteiger partial charge in [0.25, 0.3) is 0 Å².